The van der Waals surface area contributed by atoms with Gasteiger partial charge < -0.3 is 14.2 Å². The minimum atomic E-state index is -1.39. The minimum absolute atomic E-state index is 0.889. The van der Waals surface area contributed by atoms with Crippen molar-refractivity contribution < 1.29 is 14.2 Å². The van der Waals surface area contributed by atoms with Gasteiger partial charge in [-0.1, -0.05) is 74.4 Å². The average Bonchev–Trinajstić information content (AvgIpc) is 2.80. The lowest BCUT2D eigenvalue weighted by atomic mass is 9.13. The van der Waals surface area contributed by atoms with Crippen molar-refractivity contribution in [3.8, 4) is 17.2 Å². The number of hydrogen-bond donors (Lipinski definition) is 0. The fraction of sp³-hybridized carbons (Fsp3) is 0.280. The molecule has 4 heteroatoms. The molecule has 0 radical (unpaired) electrons. The first-order valence-corrected chi connectivity index (χ1v) is 10.3. The Morgan fingerprint density at radius 3 is 1.24 bits per heavy atom. The number of para-hydroxylation sites is 3. The molecule has 0 heterocycles. The fourth-order valence-corrected chi connectivity index (χ4v) is 4.70. The van der Waals surface area contributed by atoms with Crippen LogP contribution >= 0.6 is 0 Å². The van der Waals surface area contributed by atoms with E-state index in [-0.39, 0.29) is 0 Å². The predicted molar refractivity (Wildman–Crippen MR) is 123 cm³/mol. The molecule has 0 amide bonds. The van der Waals surface area contributed by atoms with Crippen LogP contribution in [0.25, 0.3) is 0 Å². The first-order chi connectivity index (χ1) is 14.2. The van der Waals surface area contributed by atoms with E-state index in [4.69, 9.17) is 14.2 Å². The van der Waals surface area contributed by atoms with Gasteiger partial charge in [0.2, 0.25) is 0 Å². The molecule has 0 unspecified atom stereocenters. The van der Waals surface area contributed by atoms with Gasteiger partial charge in [0.1, 0.15) is 0 Å². The van der Waals surface area contributed by atoms with Crippen molar-refractivity contribution in [2.24, 2.45) is 0 Å². The largest absolute Gasteiger partial charge is 0.500 e. The van der Waals surface area contributed by atoms with E-state index in [0.29, 0.717) is 0 Å². The Morgan fingerprint density at radius 2 is 0.931 bits per heavy atom. The van der Waals surface area contributed by atoms with Crippen molar-refractivity contribution in [2.75, 3.05) is 21.3 Å². The van der Waals surface area contributed by atoms with Gasteiger partial charge in [0.25, 0.3) is 0 Å². The van der Waals surface area contributed by atoms with Crippen LogP contribution in [0.1, 0.15) is 19.8 Å². The number of hydrogen-bond acceptors (Lipinski definition) is 3. The zero-order chi connectivity index (χ0) is 20.7. The first-order valence-electron chi connectivity index (χ1n) is 10.3. The lowest BCUT2D eigenvalue weighted by molar-refractivity contribution is 0.415. The zero-order valence-electron chi connectivity index (χ0n) is 17.9. The molecule has 0 aromatic heterocycles. The topological polar surface area (TPSA) is 27.7 Å². The number of ether oxygens (including phenoxy) is 3. The van der Waals surface area contributed by atoms with Gasteiger partial charge in [-0.3, -0.25) is 0 Å². The molecule has 29 heavy (non-hydrogen) atoms. The first kappa shape index (κ1) is 20.8. The average molecular weight is 389 g/mol. The number of rotatable bonds is 9. The summed E-state index contributed by atoms with van der Waals surface area (Å²) >= 11 is 0. The Morgan fingerprint density at radius 1 is 0.586 bits per heavy atom. The maximum atomic E-state index is 5.86. The van der Waals surface area contributed by atoms with Crippen LogP contribution in [0, 0.1) is 0 Å². The maximum Gasteiger partial charge on any atom is 0.0951 e. The second-order valence-corrected chi connectivity index (χ2v) is 7.41. The molecule has 0 N–H and O–H groups in total. The lowest BCUT2D eigenvalue weighted by Crippen LogP contribution is -2.67. The molecule has 0 saturated carbocycles. The fourth-order valence-electron chi connectivity index (χ4n) is 4.70. The Labute approximate surface area is 174 Å². The molecule has 3 rings (SSSR count). The van der Waals surface area contributed by atoms with Crippen LogP contribution in [-0.4, -0.2) is 27.5 Å². The molecule has 0 spiro atoms. The van der Waals surface area contributed by atoms with Crippen LogP contribution in [0.3, 0.4) is 0 Å². The summed E-state index contributed by atoms with van der Waals surface area (Å²) in [5.74, 6) is 2.67. The van der Waals surface area contributed by atoms with Crippen LogP contribution in [-0.2, 0) is 0 Å². The van der Waals surface area contributed by atoms with Gasteiger partial charge in [0.05, 0.1) is 44.7 Å². The predicted octanol–water partition coefficient (Wildman–Crippen LogP) is 3.98. The summed E-state index contributed by atoms with van der Waals surface area (Å²) in [7, 11) is 5.22. The third-order valence-corrected chi connectivity index (χ3v) is 6.00. The van der Waals surface area contributed by atoms with Crippen molar-refractivity contribution in [1.29, 1.82) is 0 Å². The third-order valence-electron chi connectivity index (χ3n) is 6.00. The second-order valence-electron chi connectivity index (χ2n) is 7.41. The van der Waals surface area contributed by atoms with Gasteiger partial charge in [-0.05, 0) is 18.2 Å². The molecular weight excluding hydrogens is 359 g/mol. The number of unbranched alkanes of at least 4 members (excludes halogenated alkanes) is 1. The Hall–Kier alpha value is -2.88. The van der Waals surface area contributed by atoms with Crippen molar-refractivity contribution in [3.63, 3.8) is 0 Å². The summed E-state index contributed by atoms with van der Waals surface area (Å²) in [5.41, 5.74) is 3.53. The molecule has 0 saturated heterocycles. The normalized spacial score (nSPS) is 11.2. The summed E-state index contributed by atoms with van der Waals surface area (Å²) in [6.07, 6.45) is 1.76. The van der Waals surface area contributed by atoms with E-state index in [0.717, 1.165) is 36.4 Å². The Bertz CT molecular complexity index is 823. The molecule has 152 valence electrons. The minimum Gasteiger partial charge on any atom is -0.500 e. The highest BCUT2D eigenvalue weighted by molar-refractivity contribution is 7.12. The number of benzene rings is 3. The van der Waals surface area contributed by atoms with Gasteiger partial charge >= 0.3 is 0 Å². The highest BCUT2D eigenvalue weighted by Gasteiger charge is 2.35. The summed E-state index contributed by atoms with van der Waals surface area (Å²) < 4.78 is 17.6. The Balaban J connectivity index is 2.46. The molecule has 0 fully saturated rings. The van der Waals surface area contributed by atoms with E-state index >= 15 is 0 Å². The van der Waals surface area contributed by atoms with Gasteiger partial charge in [-0.25, -0.2) is 0 Å². The van der Waals surface area contributed by atoms with Crippen molar-refractivity contribution in [1.82, 2.24) is 0 Å². The summed E-state index contributed by atoms with van der Waals surface area (Å²) in [4.78, 5) is 0. The van der Waals surface area contributed by atoms with Crippen LogP contribution in [0.2, 0.25) is 6.32 Å². The molecule has 0 bridgehead atoms. The van der Waals surface area contributed by atoms with E-state index in [2.05, 4.69) is 43.3 Å². The van der Waals surface area contributed by atoms with Gasteiger partial charge in [0, 0.05) is 0 Å². The third kappa shape index (κ3) is 3.84. The van der Waals surface area contributed by atoms with E-state index in [1.54, 1.807) is 21.3 Å². The molecular formula is C25H30BO3-. The van der Waals surface area contributed by atoms with Crippen LogP contribution in [0.4, 0.5) is 0 Å². The van der Waals surface area contributed by atoms with Gasteiger partial charge in [-0.2, -0.15) is 22.7 Å². The molecule has 3 aromatic rings. The number of methoxy groups -OCH3 is 3. The Kier molecular flexibility index (Phi) is 6.87. The standard InChI is InChI=1S/C25H30BO3/c1-5-6-19-26(20-13-7-10-16-23(20)27-2,21-14-8-11-17-24(21)28-3)22-15-9-12-18-25(22)29-4/h7-18H,5-6,19H2,1-4H3/q-1. The van der Waals surface area contributed by atoms with Crippen LogP contribution in [0.15, 0.2) is 72.8 Å². The lowest BCUT2D eigenvalue weighted by Gasteiger charge is -2.45. The maximum absolute atomic E-state index is 5.86. The van der Waals surface area contributed by atoms with Crippen LogP contribution < -0.4 is 30.6 Å². The second kappa shape index (κ2) is 9.55. The zero-order valence-corrected chi connectivity index (χ0v) is 17.9. The van der Waals surface area contributed by atoms with Crippen LogP contribution in [0.5, 0.6) is 17.2 Å². The highest BCUT2D eigenvalue weighted by atomic mass is 16.5. The molecule has 0 aliphatic rings. The molecule has 0 aliphatic carbocycles. The molecule has 3 aromatic carbocycles. The molecule has 3 nitrogen and oxygen atoms in total. The summed E-state index contributed by atoms with van der Waals surface area (Å²) in [6.45, 7) is 2.23. The summed E-state index contributed by atoms with van der Waals surface area (Å²) in [5, 5.41) is 0. The van der Waals surface area contributed by atoms with E-state index in [1.807, 2.05) is 36.4 Å². The van der Waals surface area contributed by atoms with Gasteiger partial charge in [-0.15, -0.1) is 0 Å². The molecule has 0 atom stereocenters. The molecule has 0 aliphatic heterocycles. The van der Waals surface area contributed by atoms with Crippen molar-refractivity contribution >= 4 is 22.5 Å². The van der Waals surface area contributed by atoms with Crippen molar-refractivity contribution in [3.05, 3.63) is 72.8 Å². The summed E-state index contributed by atoms with van der Waals surface area (Å²) in [6, 6.07) is 25.0. The quantitative estimate of drug-likeness (QED) is 0.518. The van der Waals surface area contributed by atoms with E-state index in [1.165, 1.54) is 16.4 Å². The van der Waals surface area contributed by atoms with Crippen molar-refractivity contribution in [2.45, 2.75) is 26.1 Å². The van der Waals surface area contributed by atoms with E-state index in [9.17, 15) is 0 Å². The monoisotopic (exact) mass is 389 g/mol. The SMILES string of the molecule is CCCC[B-](c1ccccc1OC)(c1ccccc1OC)c1ccccc1OC. The highest BCUT2D eigenvalue weighted by Crippen LogP contribution is 2.27. The smallest absolute Gasteiger partial charge is 0.0951 e. The van der Waals surface area contributed by atoms with Gasteiger partial charge in [0.15, 0.2) is 0 Å². The van der Waals surface area contributed by atoms with E-state index < -0.39 is 6.15 Å².